The van der Waals surface area contributed by atoms with Crippen LogP contribution >= 0.6 is 0 Å². The maximum absolute atomic E-state index is 6.41. The van der Waals surface area contributed by atoms with E-state index in [-0.39, 0.29) is 0 Å². The van der Waals surface area contributed by atoms with Crippen molar-refractivity contribution in [1.29, 1.82) is 0 Å². The molecule has 0 atom stereocenters. The smallest absolute Gasteiger partial charge is 0.221 e. The van der Waals surface area contributed by atoms with Crippen molar-refractivity contribution < 1.29 is 4.42 Å². The first-order valence-electron chi connectivity index (χ1n) is 13.5. The third-order valence-corrected chi connectivity index (χ3v) is 7.86. The second-order valence-corrected chi connectivity index (χ2v) is 10.1. The van der Waals surface area contributed by atoms with E-state index in [1.54, 1.807) is 0 Å². The van der Waals surface area contributed by atoms with E-state index in [4.69, 9.17) is 19.4 Å². The molecule has 0 N–H and O–H groups in total. The first-order chi connectivity index (χ1) is 20.4. The molecule has 5 heterocycles. The summed E-state index contributed by atoms with van der Waals surface area (Å²) in [4.78, 5) is 14.9. The number of hydrogen-bond acceptors (Lipinski definition) is 4. The number of nitrogens with zero attached hydrogens (tertiary/aromatic N) is 5. The van der Waals surface area contributed by atoms with Gasteiger partial charge in [-0.2, -0.15) is 0 Å². The van der Waals surface area contributed by atoms with Gasteiger partial charge < -0.3 is 4.42 Å². The minimum atomic E-state index is 0.792. The van der Waals surface area contributed by atoms with E-state index in [9.17, 15) is 0 Å². The predicted molar refractivity (Wildman–Crippen MR) is 163 cm³/mol. The van der Waals surface area contributed by atoms with E-state index in [2.05, 4.69) is 81.8 Å². The van der Waals surface area contributed by atoms with Crippen LogP contribution in [0.15, 0.2) is 132 Å². The van der Waals surface area contributed by atoms with Gasteiger partial charge >= 0.3 is 0 Å². The van der Waals surface area contributed by atoms with E-state index in [1.807, 2.05) is 54.9 Å². The molecule has 4 aromatic carbocycles. The number of pyridine rings is 2. The van der Waals surface area contributed by atoms with Gasteiger partial charge in [-0.1, -0.05) is 60.7 Å². The van der Waals surface area contributed by atoms with Crippen molar-refractivity contribution in [2.45, 2.75) is 0 Å². The number of furan rings is 1. The number of fused-ring (bicyclic) bond motifs is 8. The molecule has 9 aromatic rings. The molecule has 0 amide bonds. The van der Waals surface area contributed by atoms with E-state index < -0.39 is 0 Å². The van der Waals surface area contributed by atoms with E-state index in [0.29, 0.717) is 0 Å². The summed E-state index contributed by atoms with van der Waals surface area (Å²) in [5.74, 6) is 1.61. The largest absolute Gasteiger partial charge is 0.455 e. The fourth-order valence-electron chi connectivity index (χ4n) is 6.12. The minimum absolute atomic E-state index is 0.792. The lowest BCUT2D eigenvalue weighted by molar-refractivity contribution is 0.670. The minimum Gasteiger partial charge on any atom is -0.455 e. The third kappa shape index (κ3) is 3.10. The van der Waals surface area contributed by atoms with Crippen LogP contribution in [-0.2, 0) is 0 Å². The molecule has 0 aliphatic rings. The average Bonchev–Trinajstić information content (AvgIpc) is 3.70. The second kappa shape index (κ2) is 8.37. The van der Waals surface area contributed by atoms with Crippen LogP contribution in [0.3, 0.4) is 0 Å². The van der Waals surface area contributed by atoms with Gasteiger partial charge in [0.05, 0.1) is 27.8 Å². The van der Waals surface area contributed by atoms with Gasteiger partial charge in [-0.15, -0.1) is 0 Å². The SMILES string of the molecule is c1cnc(-c2cccc3c2oc2ccccc23)c(-c2cccnc2-n2c3ccccc3n3c4ccccc4nc23)c1. The monoisotopic (exact) mass is 527 g/mol. The highest BCUT2D eigenvalue weighted by molar-refractivity contribution is 6.10. The maximum Gasteiger partial charge on any atom is 0.221 e. The Morgan fingerprint density at radius 2 is 1.24 bits per heavy atom. The van der Waals surface area contributed by atoms with Gasteiger partial charge in [-0.05, 0) is 54.6 Å². The van der Waals surface area contributed by atoms with Crippen molar-refractivity contribution in [2.75, 3.05) is 0 Å². The molecule has 6 nitrogen and oxygen atoms in total. The van der Waals surface area contributed by atoms with Gasteiger partial charge in [0.1, 0.15) is 17.0 Å². The normalized spacial score (nSPS) is 11.9. The van der Waals surface area contributed by atoms with Crippen LogP contribution in [-0.4, -0.2) is 23.9 Å². The van der Waals surface area contributed by atoms with Crippen molar-refractivity contribution in [1.82, 2.24) is 23.9 Å². The zero-order valence-electron chi connectivity index (χ0n) is 21.8. The quantitative estimate of drug-likeness (QED) is 0.231. The third-order valence-electron chi connectivity index (χ3n) is 7.86. The molecule has 192 valence electrons. The van der Waals surface area contributed by atoms with Gasteiger partial charge in [-0.25, -0.2) is 9.97 Å². The maximum atomic E-state index is 6.41. The predicted octanol–water partition coefficient (Wildman–Crippen LogP) is 8.45. The zero-order valence-corrected chi connectivity index (χ0v) is 21.8. The summed E-state index contributed by atoms with van der Waals surface area (Å²) in [6.07, 6.45) is 3.67. The van der Waals surface area contributed by atoms with Gasteiger partial charge in [0.25, 0.3) is 0 Å². The van der Waals surface area contributed by atoms with Crippen molar-refractivity contribution in [3.8, 4) is 28.2 Å². The standard InChI is InChI=1S/C35H21N5O/c1-6-19-31-22(10-1)24-11-7-12-26(33(24)41-31)32-23(13-8-20-36-32)25-14-9-21-37-34(25)40-30-18-5-4-17-29(30)39-28-16-3-2-15-27(28)38-35(39)40/h1-21H. The molecule has 0 radical (unpaired) electrons. The van der Waals surface area contributed by atoms with Crippen LogP contribution < -0.4 is 0 Å². The van der Waals surface area contributed by atoms with Crippen LogP contribution in [0.5, 0.6) is 0 Å². The number of aromatic nitrogens is 5. The molecule has 0 spiro atoms. The fraction of sp³-hybridized carbons (Fsp3) is 0. The van der Waals surface area contributed by atoms with E-state index in [1.165, 1.54) is 0 Å². The second-order valence-electron chi connectivity index (χ2n) is 10.1. The molecule has 0 saturated heterocycles. The summed E-state index contributed by atoms with van der Waals surface area (Å²) in [5, 5.41) is 2.17. The van der Waals surface area contributed by atoms with Crippen LogP contribution in [0.25, 0.3) is 78.0 Å². The van der Waals surface area contributed by atoms with Gasteiger partial charge in [0.2, 0.25) is 5.78 Å². The molecule has 0 aliphatic heterocycles. The van der Waals surface area contributed by atoms with Crippen molar-refractivity contribution in [2.24, 2.45) is 0 Å². The van der Waals surface area contributed by atoms with Crippen molar-refractivity contribution in [3.05, 3.63) is 128 Å². The molecular weight excluding hydrogens is 506 g/mol. The molecular formula is C35H21N5O. The first-order valence-corrected chi connectivity index (χ1v) is 13.5. The molecule has 5 aromatic heterocycles. The van der Waals surface area contributed by atoms with E-state index >= 15 is 0 Å². The first kappa shape index (κ1) is 22.1. The number of para-hydroxylation sites is 6. The summed E-state index contributed by atoms with van der Waals surface area (Å²) in [6, 6.07) is 39.2. The molecule has 0 unspecified atom stereocenters. The zero-order chi connectivity index (χ0) is 26.9. The molecule has 41 heavy (non-hydrogen) atoms. The number of rotatable bonds is 3. The highest BCUT2D eigenvalue weighted by atomic mass is 16.3. The lowest BCUT2D eigenvalue weighted by atomic mass is 9.98. The number of benzene rings is 4. The Hall–Kier alpha value is -5.75. The Morgan fingerprint density at radius 1 is 0.537 bits per heavy atom. The Balaban J connectivity index is 1.35. The Kier molecular flexibility index (Phi) is 4.51. The van der Waals surface area contributed by atoms with Gasteiger partial charge in [0.15, 0.2) is 0 Å². The lowest BCUT2D eigenvalue weighted by Crippen LogP contribution is -2.02. The molecule has 0 bridgehead atoms. The number of imidazole rings is 2. The summed E-state index contributed by atoms with van der Waals surface area (Å²) in [5.41, 5.74) is 9.51. The lowest BCUT2D eigenvalue weighted by Gasteiger charge is -2.14. The van der Waals surface area contributed by atoms with E-state index in [0.717, 1.165) is 78.0 Å². The molecule has 0 fully saturated rings. The molecule has 6 heteroatoms. The van der Waals surface area contributed by atoms with Gasteiger partial charge in [0, 0.05) is 39.9 Å². The average molecular weight is 528 g/mol. The molecule has 9 rings (SSSR count). The highest BCUT2D eigenvalue weighted by Crippen LogP contribution is 2.40. The summed E-state index contributed by atoms with van der Waals surface area (Å²) in [6.45, 7) is 0. The topological polar surface area (TPSA) is 61.2 Å². The van der Waals surface area contributed by atoms with Crippen LogP contribution in [0, 0.1) is 0 Å². The summed E-state index contributed by atoms with van der Waals surface area (Å²) < 4.78 is 10.8. The van der Waals surface area contributed by atoms with Gasteiger partial charge in [-0.3, -0.25) is 14.0 Å². The van der Waals surface area contributed by atoms with Crippen LogP contribution in [0.4, 0.5) is 0 Å². The molecule has 0 aliphatic carbocycles. The summed E-state index contributed by atoms with van der Waals surface area (Å²) >= 11 is 0. The molecule has 0 saturated carbocycles. The highest BCUT2D eigenvalue weighted by Gasteiger charge is 2.22. The fourth-order valence-corrected chi connectivity index (χ4v) is 6.12. The Morgan fingerprint density at radius 3 is 2.17 bits per heavy atom. The number of hydrogen-bond donors (Lipinski definition) is 0. The van der Waals surface area contributed by atoms with Crippen molar-refractivity contribution >= 4 is 49.8 Å². The summed E-state index contributed by atoms with van der Waals surface area (Å²) in [7, 11) is 0. The Labute approximate surface area is 233 Å². The van der Waals surface area contributed by atoms with Crippen LogP contribution in [0.2, 0.25) is 0 Å². The van der Waals surface area contributed by atoms with Crippen LogP contribution in [0.1, 0.15) is 0 Å². The van der Waals surface area contributed by atoms with Crippen molar-refractivity contribution in [3.63, 3.8) is 0 Å². The Bertz CT molecular complexity index is 2450.